The third kappa shape index (κ3) is 2.66. The van der Waals surface area contributed by atoms with E-state index in [9.17, 15) is 0 Å². The Hall–Kier alpha value is -1.53. The Bertz CT molecular complexity index is 598. The van der Waals surface area contributed by atoms with E-state index in [1.165, 1.54) is 0 Å². The summed E-state index contributed by atoms with van der Waals surface area (Å²) in [7, 11) is 7.11. The van der Waals surface area contributed by atoms with Crippen molar-refractivity contribution in [1.82, 2.24) is 15.1 Å². The molecule has 0 amide bonds. The Morgan fingerprint density at radius 2 is 2.05 bits per heavy atom. The summed E-state index contributed by atoms with van der Waals surface area (Å²) in [5.41, 5.74) is 2.03. The van der Waals surface area contributed by atoms with Gasteiger partial charge in [-0.1, -0.05) is 15.9 Å². The van der Waals surface area contributed by atoms with Crippen molar-refractivity contribution >= 4 is 15.9 Å². The molecule has 108 valence electrons. The van der Waals surface area contributed by atoms with E-state index in [1.807, 2.05) is 37.0 Å². The van der Waals surface area contributed by atoms with E-state index in [0.29, 0.717) is 0 Å². The van der Waals surface area contributed by atoms with Gasteiger partial charge in [0.05, 0.1) is 26.5 Å². The number of hydrogen-bond donors (Lipinski definition) is 1. The van der Waals surface area contributed by atoms with Gasteiger partial charge in [-0.15, -0.1) is 0 Å². The average molecular weight is 340 g/mol. The zero-order valence-electron chi connectivity index (χ0n) is 12.0. The molecule has 1 aromatic carbocycles. The van der Waals surface area contributed by atoms with Crippen LogP contribution >= 0.6 is 15.9 Å². The molecule has 0 aliphatic rings. The number of rotatable bonds is 5. The summed E-state index contributed by atoms with van der Waals surface area (Å²) < 4.78 is 13.5. The predicted octanol–water partition coefficient (Wildman–Crippen LogP) is 2.51. The van der Waals surface area contributed by atoms with Crippen LogP contribution in [0.2, 0.25) is 0 Å². The van der Waals surface area contributed by atoms with Crippen molar-refractivity contribution in [2.45, 2.75) is 6.04 Å². The number of ether oxygens (including phenoxy) is 2. The van der Waals surface area contributed by atoms with Crippen LogP contribution in [0.4, 0.5) is 0 Å². The fourth-order valence-electron chi connectivity index (χ4n) is 2.22. The van der Waals surface area contributed by atoms with Gasteiger partial charge in [-0.25, -0.2) is 0 Å². The van der Waals surface area contributed by atoms with Gasteiger partial charge < -0.3 is 14.8 Å². The van der Waals surface area contributed by atoms with E-state index in [4.69, 9.17) is 9.47 Å². The lowest BCUT2D eigenvalue weighted by Gasteiger charge is -2.20. The lowest BCUT2D eigenvalue weighted by molar-refractivity contribution is 0.401. The quantitative estimate of drug-likeness (QED) is 0.909. The van der Waals surface area contributed by atoms with Crippen molar-refractivity contribution in [1.29, 1.82) is 0 Å². The fourth-order valence-corrected chi connectivity index (χ4v) is 2.70. The van der Waals surface area contributed by atoms with Crippen LogP contribution < -0.4 is 14.8 Å². The molecule has 0 saturated heterocycles. The van der Waals surface area contributed by atoms with Crippen molar-refractivity contribution in [2.24, 2.45) is 7.05 Å². The molecule has 20 heavy (non-hydrogen) atoms. The van der Waals surface area contributed by atoms with Gasteiger partial charge in [0.15, 0.2) is 5.75 Å². The second-order valence-electron chi connectivity index (χ2n) is 4.33. The lowest BCUT2D eigenvalue weighted by atomic mass is 10.0. The third-order valence-corrected chi connectivity index (χ3v) is 3.97. The van der Waals surface area contributed by atoms with Crippen LogP contribution in [0.5, 0.6) is 11.5 Å². The molecule has 5 nitrogen and oxygen atoms in total. The maximum absolute atomic E-state index is 5.40. The molecule has 0 radical (unpaired) electrons. The molecule has 1 atom stereocenters. The first kappa shape index (κ1) is 14.9. The first-order chi connectivity index (χ1) is 9.62. The number of nitrogens with one attached hydrogen (secondary N) is 1. The summed E-state index contributed by atoms with van der Waals surface area (Å²) >= 11 is 3.59. The minimum atomic E-state index is -0.0538. The summed E-state index contributed by atoms with van der Waals surface area (Å²) in [5.74, 6) is 1.56. The molecule has 1 aromatic heterocycles. The molecule has 6 heteroatoms. The van der Waals surface area contributed by atoms with Gasteiger partial charge in [0.25, 0.3) is 0 Å². The topological polar surface area (TPSA) is 48.3 Å². The first-order valence-corrected chi connectivity index (χ1v) is 6.98. The largest absolute Gasteiger partial charge is 0.497 e. The third-order valence-electron chi connectivity index (χ3n) is 3.25. The molecular formula is C14H18BrN3O2. The smallest absolute Gasteiger partial charge is 0.161 e. The van der Waals surface area contributed by atoms with E-state index in [0.717, 1.165) is 27.2 Å². The summed E-state index contributed by atoms with van der Waals surface area (Å²) in [6.07, 6.45) is 1.72. The maximum Gasteiger partial charge on any atom is 0.161 e. The number of aromatic nitrogens is 2. The number of nitrogens with zero attached hydrogens (tertiary/aromatic N) is 2. The fraction of sp³-hybridized carbons (Fsp3) is 0.357. The highest BCUT2D eigenvalue weighted by atomic mass is 79.9. The van der Waals surface area contributed by atoms with Crippen LogP contribution in [0.15, 0.2) is 28.9 Å². The molecule has 0 spiro atoms. The van der Waals surface area contributed by atoms with Crippen molar-refractivity contribution in [3.63, 3.8) is 0 Å². The van der Waals surface area contributed by atoms with Gasteiger partial charge in [0.1, 0.15) is 11.4 Å². The van der Waals surface area contributed by atoms with Crippen LogP contribution in [0.3, 0.4) is 0 Å². The molecule has 0 bridgehead atoms. The molecule has 0 aliphatic heterocycles. The van der Waals surface area contributed by atoms with Gasteiger partial charge in [0, 0.05) is 11.5 Å². The Kier molecular flexibility index (Phi) is 4.67. The molecule has 1 unspecified atom stereocenters. The first-order valence-electron chi connectivity index (χ1n) is 6.19. The number of hydrogen-bond acceptors (Lipinski definition) is 4. The molecule has 0 saturated carbocycles. The Balaban J connectivity index is 2.54. The maximum atomic E-state index is 5.40. The Labute approximate surface area is 127 Å². The van der Waals surface area contributed by atoms with Crippen LogP contribution in [-0.4, -0.2) is 31.0 Å². The molecule has 2 aromatic rings. The Morgan fingerprint density at radius 3 is 2.65 bits per heavy atom. The predicted molar refractivity (Wildman–Crippen MR) is 81.4 cm³/mol. The minimum Gasteiger partial charge on any atom is -0.497 e. The number of methoxy groups -OCH3 is 2. The van der Waals surface area contributed by atoms with E-state index in [2.05, 4.69) is 26.3 Å². The summed E-state index contributed by atoms with van der Waals surface area (Å²) in [5, 5.41) is 7.56. The lowest BCUT2D eigenvalue weighted by Crippen LogP contribution is -2.21. The highest BCUT2D eigenvalue weighted by molar-refractivity contribution is 9.10. The van der Waals surface area contributed by atoms with E-state index in [-0.39, 0.29) is 6.04 Å². The van der Waals surface area contributed by atoms with Crippen molar-refractivity contribution in [2.75, 3.05) is 21.3 Å². The van der Waals surface area contributed by atoms with Crippen LogP contribution in [0.1, 0.15) is 17.3 Å². The van der Waals surface area contributed by atoms with Gasteiger partial charge in [-0.05, 0) is 30.8 Å². The standard InChI is InChI=1S/C14H18BrN3O2/c1-16-13(14-12(20-4)8-17-18(14)2)10-7-9(19-3)5-6-11(10)15/h5-8,13,16H,1-4H3. The van der Waals surface area contributed by atoms with Crippen LogP contribution in [0.25, 0.3) is 0 Å². The average Bonchev–Trinajstić information content (AvgIpc) is 2.83. The number of aryl methyl sites for hydroxylation is 1. The van der Waals surface area contributed by atoms with Crippen molar-refractivity contribution < 1.29 is 9.47 Å². The zero-order valence-corrected chi connectivity index (χ0v) is 13.6. The van der Waals surface area contributed by atoms with Gasteiger partial charge in [-0.2, -0.15) is 5.10 Å². The molecule has 0 aliphatic carbocycles. The van der Waals surface area contributed by atoms with E-state index >= 15 is 0 Å². The minimum absolute atomic E-state index is 0.0538. The summed E-state index contributed by atoms with van der Waals surface area (Å²) in [4.78, 5) is 0. The Morgan fingerprint density at radius 1 is 1.30 bits per heavy atom. The zero-order chi connectivity index (χ0) is 14.7. The molecule has 2 rings (SSSR count). The highest BCUT2D eigenvalue weighted by Gasteiger charge is 2.23. The van der Waals surface area contributed by atoms with E-state index < -0.39 is 0 Å². The molecule has 0 fully saturated rings. The summed E-state index contributed by atoms with van der Waals surface area (Å²) in [6.45, 7) is 0. The van der Waals surface area contributed by atoms with Crippen LogP contribution in [-0.2, 0) is 7.05 Å². The van der Waals surface area contributed by atoms with Crippen LogP contribution in [0, 0.1) is 0 Å². The monoisotopic (exact) mass is 339 g/mol. The second-order valence-corrected chi connectivity index (χ2v) is 5.19. The van der Waals surface area contributed by atoms with Gasteiger partial charge in [-0.3, -0.25) is 4.68 Å². The molecule has 1 N–H and O–H groups in total. The van der Waals surface area contributed by atoms with Gasteiger partial charge >= 0.3 is 0 Å². The number of benzene rings is 1. The molecular weight excluding hydrogens is 322 g/mol. The highest BCUT2D eigenvalue weighted by Crippen LogP contribution is 2.35. The SMILES string of the molecule is CNC(c1cc(OC)ccc1Br)c1c(OC)cnn1C. The van der Waals surface area contributed by atoms with Gasteiger partial charge in [0.2, 0.25) is 0 Å². The van der Waals surface area contributed by atoms with Crippen molar-refractivity contribution in [3.05, 3.63) is 40.1 Å². The summed E-state index contributed by atoms with van der Waals surface area (Å²) in [6, 6.07) is 5.83. The van der Waals surface area contributed by atoms with Crippen molar-refractivity contribution in [3.8, 4) is 11.5 Å². The van der Waals surface area contributed by atoms with E-state index in [1.54, 1.807) is 20.4 Å². The number of halogens is 1. The molecule has 1 heterocycles. The normalized spacial score (nSPS) is 12.2. The second kappa shape index (κ2) is 6.28.